The maximum atomic E-state index is 14.2. The summed E-state index contributed by atoms with van der Waals surface area (Å²) in [7, 11) is 0. The summed E-state index contributed by atoms with van der Waals surface area (Å²) in [6.45, 7) is 3.38. The number of alkyl carbamates (subject to hydrolysis) is 1. The van der Waals surface area contributed by atoms with Gasteiger partial charge in [-0.15, -0.1) is 0 Å². The van der Waals surface area contributed by atoms with Gasteiger partial charge in [0.15, 0.2) is 5.60 Å². The lowest BCUT2D eigenvalue weighted by molar-refractivity contribution is -0.199. The fourth-order valence-corrected chi connectivity index (χ4v) is 6.18. The fraction of sp³-hybridized carbons (Fsp3) is 0.308. The second-order valence-electron chi connectivity index (χ2n) is 12.8. The molecule has 0 aromatic heterocycles. The standard InChI is InChI=1S/C39H44N4O6/c1-28(2)35(40-38(46)49-26-31-18-10-5-11-19-31)36(44)41-42(25-30-16-8-4-9-17-30)27-39(47,24-29-14-6-3-7-15-29)37(45)43(48)34-23-22-32-20-12-13-21-33(32)34/h3-21,28,34-35,47-48H,22-27H2,1-2H3,(H,40,46)(H,41,44)/t34?,35-,39-/m0/s1. The number of rotatable bonds is 14. The normalized spacial score (nSPS) is 15.6. The van der Waals surface area contributed by atoms with Gasteiger partial charge in [-0.1, -0.05) is 129 Å². The number of hydrazine groups is 1. The molecule has 49 heavy (non-hydrogen) atoms. The topological polar surface area (TPSA) is 131 Å². The van der Waals surface area contributed by atoms with Crippen LogP contribution in [0.2, 0.25) is 0 Å². The molecule has 0 heterocycles. The Balaban J connectivity index is 1.39. The SMILES string of the molecule is CC(C)[C@H](NC(=O)OCc1ccccc1)C(=O)NN(Cc1ccccc1)C[C@@](O)(Cc1ccccc1)C(=O)N(O)C1CCc2ccccc21. The number of aliphatic hydroxyl groups is 1. The molecule has 0 radical (unpaired) electrons. The third-order valence-corrected chi connectivity index (χ3v) is 8.71. The van der Waals surface area contributed by atoms with Crippen molar-refractivity contribution in [1.82, 2.24) is 20.8 Å². The maximum Gasteiger partial charge on any atom is 0.408 e. The maximum absolute atomic E-state index is 14.2. The van der Waals surface area contributed by atoms with Crippen molar-refractivity contribution in [2.24, 2.45) is 5.92 Å². The molecule has 4 aromatic carbocycles. The lowest BCUT2D eigenvalue weighted by Gasteiger charge is -2.37. The summed E-state index contributed by atoms with van der Waals surface area (Å²) >= 11 is 0. The second kappa shape index (κ2) is 16.4. The summed E-state index contributed by atoms with van der Waals surface area (Å²) in [5, 5.41) is 28.5. The minimum Gasteiger partial charge on any atom is -0.445 e. The first-order valence-electron chi connectivity index (χ1n) is 16.6. The molecule has 4 aromatic rings. The summed E-state index contributed by atoms with van der Waals surface area (Å²) in [4.78, 5) is 40.8. The van der Waals surface area contributed by atoms with Crippen molar-refractivity contribution >= 4 is 17.9 Å². The van der Waals surface area contributed by atoms with Crippen LogP contribution < -0.4 is 10.7 Å². The minimum absolute atomic E-state index is 0.0387. The highest BCUT2D eigenvalue weighted by molar-refractivity contribution is 5.87. The number of ether oxygens (including phenoxy) is 1. The van der Waals surface area contributed by atoms with E-state index in [4.69, 9.17) is 4.74 Å². The highest BCUT2D eigenvalue weighted by atomic mass is 16.5. The number of hydroxylamine groups is 2. The molecule has 0 saturated heterocycles. The zero-order valence-corrected chi connectivity index (χ0v) is 27.9. The monoisotopic (exact) mass is 664 g/mol. The third-order valence-electron chi connectivity index (χ3n) is 8.71. The largest absolute Gasteiger partial charge is 0.445 e. The molecule has 0 aliphatic heterocycles. The number of aryl methyl sites for hydroxylation is 1. The lowest BCUT2D eigenvalue weighted by atomic mass is 9.92. The lowest BCUT2D eigenvalue weighted by Crippen LogP contribution is -2.61. The number of benzene rings is 4. The first kappa shape index (κ1) is 35.3. The number of amides is 3. The number of hydrogen-bond donors (Lipinski definition) is 4. The first-order chi connectivity index (χ1) is 23.6. The van der Waals surface area contributed by atoms with E-state index in [1.807, 2.05) is 103 Å². The third kappa shape index (κ3) is 9.32. The van der Waals surface area contributed by atoms with Gasteiger partial charge < -0.3 is 15.2 Å². The van der Waals surface area contributed by atoms with Crippen LogP contribution in [0, 0.1) is 5.92 Å². The van der Waals surface area contributed by atoms with Crippen molar-refractivity contribution < 1.29 is 29.4 Å². The van der Waals surface area contributed by atoms with E-state index in [9.17, 15) is 24.7 Å². The van der Waals surface area contributed by atoms with Crippen LogP contribution in [-0.4, -0.2) is 56.5 Å². The van der Waals surface area contributed by atoms with Gasteiger partial charge in [0.2, 0.25) is 0 Å². The Morgan fingerprint density at radius 1 is 0.837 bits per heavy atom. The Morgan fingerprint density at radius 2 is 1.41 bits per heavy atom. The van der Waals surface area contributed by atoms with Crippen LogP contribution >= 0.6 is 0 Å². The zero-order chi connectivity index (χ0) is 34.8. The molecule has 0 fully saturated rings. The number of fused-ring (bicyclic) bond motifs is 1. The van der Waals surface area contributed by atoms with E-state index in [1.54, 1.807) is 26.0 Å². The van der Waals surface area contributed by atoms with Crippen LogP contribution in [0.4, 0.5) is 4.79 Å². The molecule has 5 rings (SSSR count). The molecule has 0 saturated carbocycles. The Labute approximate surface area is 287 Å². The molecule has 4 N–H and O–H groups in total. The molecule has 10 heteroatoms. The molecule has 3 atom stereocenters. The van der Waals surface area contributed by atoms with Crippen molar-refractivity contribution in [3.63, 3.8) is 0 Å². The van der Waals surface area contributed by atoms with Crippen molar-refractivity contribution in [2.45, 2.75) is 63.9 Å². The van der Waals surface area contributed by atoms with Crippen LogP contribution in [0.15, 0.2) is 115 Å². The first-order valence-corrected chi connectivity index (χ1v) is 16.6. The Bertz CT molecular complexity index is 1690. The van der Waals surface area contributed by atoms with Gasteiger partial charge in [-0.25, -0.2) is 14.9 Å². The molecule has 0 spiro atoms. The highest BCUT2D eigenvalue weighted by Crippen LogP contribution is 2.36. The molecule has 1 unspecified atom stereocenters. The number of carbonyl (C=O) groups excluding carboxylic acids is 3. The summed E-state index contributed by atoms with van der Waals surface area (Å²) in [6.07, 6.45) is 0.318. The van der Waals surface area contributed by atoms with E-state index in [2.05, 4.69) is 10.7 Å². The molecular weight excluding hydrogens is 620 g/mol. The van der Waals surface area contributed by atoms with E-state index in [0.29, 0.717) is 23.5 Å². The minimum atomic E-state index is -2.16. The van der Waals surface area contributed by atoms with E-state index >= 15 is 0 Å². The van der Waals surface area contributed by atoms with Crippen LogP contribution in [0.25, 0.3) is 0 Å². The van der Waals surface area contributed by atoms with Gasteiger partial charge in [-0.05, 0) is 46.6 Å². The number of carbonyl (C=O) groups is 3. The summed E-state index contributed by atoms with van der Waals surface area (Å²) < 4.78 is 5.38. The molecule has 1 aliphatic rings. The van der Waals surface area contributed by atoms with Gasteiger partial charge in [0.25, 0.3) is 11.8 Å². The summed E-state index contributed by atoms with van der Waals surface area (Å²) in [5.74, 6) is -1.76. The fourth-order valence-electron chi connectivity index (χ4n) is 6.18. The van der Waals surface area contributed by atoms with Crippen LogP contribution in [0.5, 0.6) is 0 Å². The average molecular weight is 665 g/mol. The van der Waals surface area contributed by atoms with Gasteiger partial charge in [-0.3, -0.25) is 20.2 Å². The number of hydrogen-bond acceptors (Lipinski definition) is 7. The van der Waals surface area contributed by atoms with E-state index in [0.717, 1.165) is 22.3 Å². The second-order valence-corrected chi connectivity index (χ2v) is 12.8. The number of nitrogens with one attached hydrogen (secondary N) is 2. The number of nitrogens with zero attached hydrogens (tertiary/aromatic N) is 2. The molecular formula is C39H44N4O6. The van der Waals surface area contributed by atoms with Gasteiger partial charge in [0.05, 0.1) is 12.6 Å². The molecule has 10 nitrogen and oxygen atoms in total. The van der Waals surface area contributed by atoms with Crippen LogP contribution in [0.3, 0.4) is 0 Å². The molecule has 1 aliphatic carbocycles. The van der Waals surface area contributed by atoms with E-state index < -0.39 is 35.6 Å². The van der Waals surface area contributed by atoms with Crippen LogP contribution in [-0.2, 0) is 40.3 Å². The Kier molecular flexibility index (Phi) is 11.8. The van der Waals surface area contributed by atoms with E-state index in [-0.39, 0.29) is 32.0 Å². The van der Waals surface area contributed by atoms with Crippen molar-refractivity contribution in [2.75, 3.05) is 6.54 Å². The quantitative estimate of drug-likeness (QED) is 0.106. The van der Waals surface area contributed by atoms with Crippen molar-refractivity contribution in [3.8, 4) is 0 Å². The molecule has 3 amide bonds. The predicted molar refractivity (Wildman–Crippen MR) is 185 cm³/mol. The summed E-state index contributed by atoms with van der Waals surface area (Å²) in [6, 6.07) is 33.6. The van der Waals surface area contributed by atoms with Gasteiger partial charge >= 0.3 is 6.09 Å². The van der Waals surface area contributed by atoms with E-state index in [1.165, 1.54) is 5.01 Å². The molecule has 0 bridgehead atoms. The van der Waals surface area contributed by atoms with Gasteiger partial charge in [0, 0.05) is 13.0 Å². The van der Waals surface area contributed by atoms with Gasteiger partial charge in [0.1, 0.15) is 12.6 Å². The average Bonchev–Trinajstić information content (AvgIpc) is 3.54. The van der Waals surface area contributed by atoms with Gasteiger partial charge in [-0.2, -0.15) is 0 Å². The van der Waals surface area contributed by atoms with Crippen molar-refractivity contribution in [1.29, 1.82) is 0 Å². The Hall–Kier alpha value is -5.03. The zero-order valence-electron chi connectivity index (χ0n) is 27.9. The predicted octanol–water partition coefficient (Wildman–Crippen LogP) is 5.35. The molecule has 256 valence electrons. The van der Waals surface area contributed by atoms with Crippen molar-refractivity contribution in [3.05, 3.63) is 143 Å². The Morgan fingerprint density at radius 3 is 2.04 bits per heavy atom. The smallest absolute Gasteiger partial charge is 0.408 e. The summed E-state index contributed by atoms with van der Waals surface area (Å²) in [5.41, 5.74) is 4.85. The highest BCUT2D eigenvalue weighted by Gasteiger charge is 2.45. The van der Waals surface area contributed by atoms with Crippen LogP contribution in [0.1, 0.15) is 54.1 Å².